The Morgan fingerprint density at radius 1 is 1.13 bits per heavy atom. The lowest BCUT2D eigenvalue weighted by atomic mass is 9.82. The average molecular weight is 432 g/mol. The van der Waals surface area contributed by atoms with Crippen molar-refractivity contribution < 1.29 is 18.7 Å². The van der Waals surface area contributed by atoms with Crippen LogP contribution >= 0.6 is 11.3 Å². The van der Waals surface area contributed by atoms with E-state index in [2.05, 4.69) is 10.6 Å². The van der Waals surface area contributed by atoms with Gasteiger partial charge in [-0.15, -0.1) is 11.3 Å². The number of thiophene rings is 1. The largest absolute Gasteiger partial charge is 0.381 e. The summed E-state index contributed by atoms with van der Waals surface area (Å²) in [5.74, 6) is -1.02. The first-order valence-electron chi connectivity index (χ1n) is 10.3. The minimum absolute atomic E-state index is 0.0676. The molecule has 4 rings (SSSR count). The lowest BCUT2D eigenvalue weighted by Crippen LogP contribution is -2.49. The molecule has 30 heavy (non-hydrogen) atoms. The molecule has 2 aliphatic rings. The summed E-state index contributed by atoms with van der Waals surface area (Å²) in [4.78, 5) is 25.9. The molecule has 0 unspecified atom stereocenters. The van der Waals surface area contributed by atoms with Crippen molar-refractivity contribution in [3.05, 3.63) is 51.7 Å². The Labute approximate surface area is 179 Å². The maximum Gasteiger partial charge on any atom is 0.251 e. The quantitative estimate of drug-likeness (QED) is 0.655. The van der Waals surface area contributed by atoms with E-state index in [9.17, 15) is 14.0 Å². The van der Waals surface area contributed by atoms with Gasteiger partial charge in [0, 0.05) is 23.6 Å². The topological polar surface area (TPSA) is 93.5 Å². The Morgan fingerprint density at radius 2 is 1.83 bits per heavy atom. The zero-order valence-electron chi connectivity index (χ0n) is 16.8. The number of hydrogen-bond acceptors (Lipinski definition) is 5. The van der Waals surface area contributed by atoms with Crippen molar-refractivity contribution in [2.24, 2.45) is 5.73 Å². The van der Waals surface area contributed by atoms with E-state index in [1.54, 1.807) is 12.1 Å². The second-order valence-electron chi connectivity index (χ2n) is 7.88. The molecule has 2 aromatic rings. The van der Waals surface area contributed by atoms with E-state index in [0.717, 1.165) is 41.7 Å². The van der Waals surface area contributed by atoms with Gasteiger partial charge in [0.25, 0.3) is 5.91 Å². The number of ether oxygens (including phenoxy) is 1. The number of aryl methyl sites for hydroxylation is 1. The molecular formula is C22H26FN3O3S. The zero-order chi connectivity index (χ0) is 21.1. The number of carbonyl (C=O) groups excluding carboxylic acids is 2. The van der Waals surface area contributed by atoms with Crippen LogP contribution in [0, 0.1) is 5.82 Å². The summed E-state index contributed by atoms with van der Waals surface area (Å²) in [6, 6.07) is 6.38. The summed E-state index contributed by atoms with van der Waals surface area (Å²) in [6.45, 7) is 1.20. The summed E-state index contributed by atoms with van der Waals surface area (Å²) in [5, 5.41) is 6.81. The summed E-state index contributed by atoms with van der Waals surface area (Å²) in [5.41, 5.74) is 7.55. The molecule has 1 aliphatic carbocycles. The summed E-state index contributed by atoms with van der Waals surface area (Å²) in [7, 11) is 0. The monoisotopic (exact) mass is 431 g/mol. The molecule has 1 saturated heterocycles. The van der Waals surface area contributed by atoms with Crippen molar-refractivity contribution in [2.75, 3.05) is 25.1 Å². The fourth-order valence-electron chi connectivity index (χ4n) is 4.39. The van der Waals surface area contributed by atoms with E-state index in [-0.39, 0.29) is 18.3 Å². The number of nitrogens with one attached hydrogen (secondary N) is 2. The number of hydrogen-bond donors (Lipinski definition) is 3. The fraction of sp³-hybridized carbons (Fsp3) is 0.455. The van der Waals surface area contributed by atoms with Crippen molar-refractivity contribution in [3.8, 4) is 0 Å². The molecule has 0 radical (unpaired) electrons. The minimum Gasteiger partial charge on any atom is -0.381 e. The van der Waals surface area contributed by atoms with Crippen LogP contribution in [0.3, 0.4) is 0 Å². The van der Waals surface area contributed by atoms with Crippen LogP contribution in [0.15, 0.2) is 24.3 Å². The third-order valence-electron chi connectivity index (χ3n) is 6.00. The van der Waals surface area contributed by atoms with Crippen molar-refractivity contribution in [3.63, 3.8) is 0 Å². The number of carbonyl (C=O) groups is 2. The Balaban J connectivity index is 1.49. The van der Waals surface area contributed by atoms with Gasteiger partial charge in [0.1, 0.15) is 10.8 Å². The third-order valence-corrected chi connectivity index (χ3v) is 7.21. The van der Waals surface area contributed by atoms with Crippen molar-refractivity contribution in [2.45, 2.75) is 44.1 Å². The molecule has 4 N–H and O–H groups in total. The Hall–Kier alpha value is -2.29. The molecule has 2 heterocycles. The SMILES string of the molecule is NC(=O)c1c(NC(=O)CNC2(c3ccc(F)cc3)CCOCC2)sc2c1CCCC2. The molecule has 8 heteroatoms. The number of benzene rings is 1. The first kappa shape index (κ1) is 21.0. The van der Waals surface area contributed by atoms with Crippen LogP contribution < -0.4 is 16.4 Å². The molecule has 1 fully saturated rings. The number of fused-ring (bicyclic) bond motifs is 1. The molecule has 0 atom stereocenters. The predicted octanol–water partition coefficient (Wildman–Crippen LogP) is 3.10. The average Bonchev–Trinajstić information content (AvgIpc) is 3.11. The van der Waals surface area contributed by atoms with E-state index in [0.29, 0.717) is 36.6 Å². The molecule has 0 saturated carbocycles. The van der Waals surface area contributed by atoms with Crippen molar-refractivity contribution in [1.82, 2.24) is 5.32 Å². The van der Waals surface area contributed by atoms with Crippen LogP contribution in [-0.2, 0) is 27.9 Å². The van der Waals surface area contributed by atoms with Crippen LogP contribution in [-0.4, -0.2) is 31.6 Å². The number of rotatable bonds is 6. The number of amides is 2. The number of anilines is 1. The zero-order valence-corrected chi connectivity index (χ0v) is 17.6. The second-order valence-corrected chi connectivity index (χ2v) is 8.99. The van der Waals surface area contributed by atoms with Gasteiger partial charge in [-0.05, 0) is 61.8 Å². The van der Waals surface area contributed by atoms with Crippen molar-refractivity contribution >= 4 is 28.2 Å². The molecule has 1 aromatic heterocycles. The number of halogens is 1. The van der Waals surface area contributed by atoms with E-state index >= 15 is 0 Å². The van der Waals surface area contributed by atoms with Crippen LogP contribution in [0.4, 0.5) is 9.39 Å². The number of primary amides is 1. The first-order valence-corrected chi connectivity index (χ1v) is 11.1. The van der Waals surface area contributed by atoms with Crippen LogP contribution in [0.1, 0.15) is 52.0 Å². The van der Waals surface area contributed by atoms with Gasteiger partial charge in [-0.25, -0.2) is 4.39 Å². The van der Waals surface area contributed by atoms with Crippen LogP contribution in [0.2, 0.25) is 0 Å². The summed E-state index contributed by atoms with van der Waals surface area (Å²) in [6.07, 6.45) is 5.23. The second kappa shape index (κ2) is 8.83. The highest BCUT2D eigenvalue weighted by Gasteiger charge is 2.34. The van der Waals surface area contributed by atoms with E-state index in [1.165, 1.54) is 23.5 Å². The van der Waals surface area contributed by atoms with Gasteiger partial charge in [-0.1, -0.05) is 12.1 Å². The van der Waals surface area contributed by atoms with Gasteiger partial charge in [0.05, 0.1) is 12.1 Å². The van der Waals surface area contributed by atoms with Gasteiger partial charge in [-0.3, -0.25) is 14.9 Å². The minimum atomic E-state index is -0.495. The Bertz CT molecular complexity index is 936. The molecular weight excluding hydrogens is 405 g/mol. The first-order chi connectivity index (χ1) is 14.5. The Morgan fingerprint density at radius 3 is 2.53 bits per heavy atom. The molecule has 160 valence electrons. The van der Waals surface area contributed by atoms with Gasteiger partial charge in [-0.2, -0.15) is 0 Å². The molecule has 0 bridgehead atoms. The number of nitrogens with two attached hydrogens (primary N) is 1. The molecule has 6 nitrogen and oxygen atoms in total. The molecule has 1 aromatic carbocycles. The van der Waals surface area contributed by atoms with Gasteiger partial charge < -0.3 is 15.8 Å². The van der Waals surface area contributed by atoms with Gasteiger partial charge in [0.15, 0.2) is 0 Å². The smallest absolute Gasteiger partial charge is 0.251 e. The molecule has 0 spiro atoms. The highest BCUT2D eigenvalue weighted by molar-refractivity contribution is 7.17. The standard InChI is InChI=1S/C22H26FN3O3S/c23-15-7-5-14(6-8-15)22(9-11-29-12-10-22)25-13-18(27)26-21-19(20(24)28)16-3-1-2-4-17(16)30-21/h5-8,25H,1-4,9-13H2,(H2,24,28)(H,26,27). The van der Waals surface area contributed by atoms with Crippen LogP contribution in [0.25, 0.3) is 0 Å². The molecule has 1 aliphatic heterocycles. The summed E-state index contributed by atoms with van der Waals surface area (Å²) < 4.78 is 18.9. The van der Waals surface area contributed by atoms with Gasteiger partial charge >= 0.3 is 0 Å². The van der Waals surface area contributed by atoms with E-state index in [4.69, 9.17) is 10.5 Å². The van der Waals surface area contributed by atoms with Crippen molar-refractivity contribution in [1.29, 1.82) is 0 Å². The maximum absolute atomic E-state index is 13.4. The Kier molecular flexibility index (Phi) is 6.17. The summed E-state index contributed by atoms with van der Waals surface area (Å²) >= 11 is 1.45. The highest BCUT2D eigenvalue weighted by Crippen LogP contribution is 2.38. The lowest BCUT2D eigenvalue weighted by Gasteiger charge is -2.38. The predicted molar refractivity (Wildman–Crippen MR) is 114 cm³/mol. The maximum atomic E-state index is 13.4. The highest BCUT2D eigenvalue weighted by atomic mass is 32.1. The molecule has 2 amide bonds. The normalized spacial score (nSPS) is 17.9. The third kappa shape index (κ3) is 4.26. The van der Waals surface area contributed by atoms with Gasteiger partial charge in [0.2, 0.25) is 5.91 Å². The van der Waals surface area contributed by atoms with E-state index < -0.39 is 11.4 Å². The fourth-order valence-corrected chi connectivity index (χ4v) is 5.70. The van der Waals surface area contributed by atoms with Crippen LogP contribution in [0.5, 0.6) is 0 Å². The van der Waals surface area contributed by atoms with E-state index in [1.807, 2.05) is 0 Å². The lowest BCUT2D eigenvalue weighted by molar-refractivity contribution is -0.116.